The summed E-state index contributed by atoms with van der Waals surface area (Å²) in [6.45, 7) is 5.69. The zero-order valence-corrected chi connectivity index (χ0v) is 12.9. The molecule has 0 radical (unpaired) electrons. The van der Waals surface area contributed by atoms with Crippen LogP contribution in [0.25, 0.3) is 16.6 Å². The highest BCUT2D eigenvalue weighted by atomic mass is 15.1. The molecule has 5 nitrogen and oxygen atoms in total. The van der Waals surface area contributed by atoms with E-state index in [4.69, 9.17) is 0 Å². The van der Waals surface area contributed by atoms with Crippen molar-refractivity contribution in [2.24, 2.45) is 0 Å². The molecular weight excluding hydrogens is 274 g/mol. The van der Waals surface area contributed by atoms with Crippen LogP contribution in [0.3, 0.4) is 0 Å². The third kappa shape index (κ3) is 2.31. The average molecular weight is 295 g/mol. The number of imidazole rings is 1. The summed E-state index contributed by atoms with van der Waals surface area (Å²) in [5, 5.41) is 8.28. The van der Waals surface area contributed by atoms with Crippen LogP contribution >= 0.6 is 0 Å². The zero-order valence-electron chi connectivity index (χ0n) is 12.9. The number of rotatable bonds is 3. The maximum atomic E-state index is 4.66. The third-order valence-electron chi connectivity index (χ3n) is 4.69. The number of hydrogen-bond donors (Lipinski definition) is 1. The summed E-state index contributed by atoms with van der Waals surface area (Å²) in [5.74, 6) is 1.69. The maximum Gasteiger partial charge on any atom is 0.117 e. The van der Waals surface area contributed by atoms with Gasteiger partial charge < -0.3 is 9.47 Å². The van der Waals surface area contributed by atoms with Crippen molar-refractivity contribution in [2.75, 3.05) is 19.6 Å². The number of piperidine rings is 1. The van der Waals surface area contributed by atoms with Crippen molar-refractivity contribution < 1.29 is 0 Å². The lowest BCUT2D eigenvalue weighted by Gasteiger charge is -2.31. The topological polar surface area (TPSA) is 49.7 Å². The van der Waals surface area contributed by atoms with E-state index in [0.29, 0.717) is 5.92 Å². The van der Waals surface area contributed by atoms with E-state index in [9.17, 15) is 0 Å². The number of nitrogens with zero attached hydrogens (tertiary/aromatic N) is 4. The minimum absolute atomic E-state index is 0.515. The van der Waals surface area contributed by atoms with Crippen molar-refractivity contribution in [1.82, 2.24) is 24.6 Å². The molecule has 3 aromatic rings. The van der Waals surface area contributed by atoms with Gasteiger partial charge in [-0.05, 0) is 44.1 Å². The molecule has 1 atom stereocenters. The van der Waals surface area contributed by atoms with Gasteiger partial charge in [0.25, 0.3) is 0 Å². The molecule has 1 aromatic carbocycles. The summed E-state index contributed by atoms with van der Waals surface area (Å²) in [7, 11) is 0. The standard InChI is InChI=1S/C17H21N5/c1-2-21-8-3-4-14(12-21)17-18-7-9-22(17)15-6-5-13-11-19-20-16(13)10-15/h5-7,9-11,14H,2-4,8,12H2,1H3,(H,19,20)/t14-/m1/s1. The van der Waals surface area contributed by atoms with Crippen LogP contribution in [-0.2, 0) is 0 Å². The second kappa shape index (κ2) is 5.57. The van der Waals surface area contributed by atoms with Crippen LogP contribution in [0.1, 0.15) is 31.5 Å². The molecular formula is C17H21N5. The number of likely N-dealkylation sites (N-methyl/N-ethyl adjacent to an activating group) is 1. The molecule has 5 heteroatoms. The average Bonchev–Trinajstić information content (AvgIpc) is 3.23. The van der Waals surface area contributed by atoms with Gasteiger partial charge in [0.15, 0.2) is 0 Å². The van der Waals surface area contributed by atoms with Crippen LogP contribution in [0, 0.1) is 0 Å². The third-order valence-corrected chi connectivity index (χ3v) is 4.69. The number of H-pyrrole nitrogens is 1. The number of aromatic nitrogens is 4. The molecule has 0 spiro atoms. The normalized spacial score (nSPS) is 19.8. The van der Waals surface area contributed by atoms with Gasteiger partial charge in [-0.25, -0.2) is 4.98 Å². The first-order valence-electron chi connectivity index (χ1n) is 8.04. The van der Waals surface area contributed by atoms with Gasteiger partial charge >= 0.3 is 0 Å². The molecule has 4 rings (SSSR count). The van der Waals surface area contributed by atoms with Crippen molar-refractivity contribution in [3.63, 3.8) is 0 Å². The summed E-state index contributed by atoms with van der Waals surface area (Å²) in [6, 6.07) is 6.40. The number of aromatic amines is 1. The van der Waals surface area contributed by atoms with Crippen LogP contribution in [0.5, 0.6) is 0 Å². The number of fused-ring (bicyclic) bond motifs is 1. The van der Waals surface area contributed by atoms with E-state index in [1.54, 1.807) is 0 Å². The van der Waals surface area contributed by atoms with Crippen molar-refractivity contribution >= 4 is 10.9 Å². The molecule has 1 N–H and O–H groups in total. The Bertz CT molecular complexity index is 772. The molecule has 1 saturated heterocycles. The van der Waals surface area contributed by atoms with Gasteiger partial charge in [0.05, 0.1) is 11.7 Å². The number of nitrogens with one attached hydrogen (secondary N) is 1. The van der Waals surface area contributed by atoms with E-state index in [1.807, 2.05) is 12.4 Å². The molecule has 0 bridgehead atoms. The molecule has 22 heavy (non-hydrogen) atoms. The summed E-state index contributed by atoms with van der Waals surface area (Å²) < 4.78 is 2.23. The van der Waals surface area contributed by atoms with Gasteiger partial charge in [0, 0.05) is 35.9 Å². The number of likely N-dealkylation sites (tertiary alicyclic amines) is 1. The molecule has 1 aliphatic rings. The Labute approximate surface area is 130 Å². The maximum absolute atomic E-state index is 4.66. The SMILES string of the molecule is CCN1CCC[C@@H](c2nccn2-c2ccc3cn[nH]c3c2)C1. The zero-order chi connectivity index (χ0) is 14.9. The first-order valence-corrected chi connectivity index (χ1v) is 8.04. The molecule has 0 saturated carbocycles. The Morgan fingerprint density at radius 1 is 1.36 bits per heavy atom. The molecule has 0 unspecified atom stereocenters. The van der Waals surface area contributed by atoms with E-state index in [0.717, 1.165) is 29.7 Å². The summed E-state index contributed by atoms with van der Waals surface area (Å²) >= 11 is 0. The summed E-state index contributed by atoms with van der Waals surface area (Å²) in [5.41, 5.74) is 2.22. The first kappa shape index (κ1) is 13.5. The lowest BCUT2D eigenvalue weighted by Crippen LogP contribution is -2.35. The smallest absolute Gasteiger partial charge is 0.117 e. The van der Waals surface area contributed by atoms with Crippen LogP contribution < -0.4 is 0 Å². The quantitative estimate of drug-likeness (QED) is 0.808. The van der Waals surface area contributed by atoms with E-state index in [-0.39, 0.29) is 0 Å². The number of hydrogen-bond acceptors (Lipinski definition) is 3. The lowest BCUT2D eigenvalue weighted by molar-refractivity contribution is 0.213. The Morgan fingerprint density at radius 3 is 3.23 bits per heavy atom. The summed E-state index contributed by atoms with van der Waals surface area (Å²) in [6.07, 6.45) is 8.31. The van der Waals surface area contributed by atoms with Crippen LogP contribution in [0.15, 0.2) is 36.8 Å². The number of benzene rings is 1. The molecule has 1 fully saturated rings. The Balaban J connectivity index is 1.69. The monoisotopic (exact) mass is 295 g/mol. The predicted octanol–water partition coefficient (Wildman–Crippen LogP) is 2.95. The van der Waals surface area contributed by atoms with E-state index in [1.165, 1.54) is 25.2 Å². The van der Waals surface area contributed by atoms with Gasteiger partial charge in [-0.1, -0.05) is 6.92 Å². The molecule has 2 aromatic heterocycles. The first-order chi connectivity index (χ1) is 10.8. The van der Waals surface area contributed by atoms with Crippen molar-refractivity contribution in [2.45, 2.75) is 25.7 Å². The van der Waals surface area contributed by atoms with Gasteiger partial charge in [0.1, 0.15) is 5.82 Å². The van der Waals surface area contributed by atoms with Gasteiger partial charge in [0.2, 0.25) is 0 Å². The Kier molecular flexibility index (Phi) is 3.42. The molecule has 3 heterocycles. The Morgan fingerprint density at radius 2 is 2.32 bits per heavy atom. The van der Waals surface area contributed by atoms with Crippen molar-refractivity contribution in [3.05, 3.63) is 42.6 Å². The highest BCUT2D eigenvalue weighted by Crippen LogP contribution is 2.28. The predicted molar refractivity (Wildman–Crippen MR) is 87.3 cm³/mol. The fraction of sp³-hybridized carbons (Fsp3) is 0.412. The van der Waals surface area contributed by atoms with Crippen LogP contribution in [0.4, 0.5) is 0 Å². The lowest BCUT2D eigenvalue weighted by atomic mass is 9.97. The van der Waals surface area contributed by atoms with Crippen LogP contribution in [0.2, 0.25) is 0 Å². The second-order valence-corrected chi connectivity index (χ2v) is 6.03. The van der Waals surface area contributed by atoms with Crippen LogP contribution in [-0.4, -0.2) is 44.3 Å². The fourth-order valence-corrected chi connectivity index (χ4v) is 3.46. The highest BCUT2D eigenvalue weighted by Gasteiger charge is 2.24. The molecule has 114 valence electrons. The minimum atomic E-state index is 0.515. The second-order valence-electron chi connectivity index (χ2n) is 6.03. The largest absolute Gasteiger partial charge is 0.303 e. The highest BCUT2D eigenvalue weighted by molar-refractivity contribution is 5.80. The molecule has 0 amide bonds. The molecule has 0 aliphatic carbocycles. The summed E-state index contributed by atoms with van der Waals surface area (Å²) in [4.78, 5) is 7.18. The van der Waals surface area contributed by atoms with Gasteiger partial charge in [-0.2, -0.15) is 5.10 Å². The van der Waals surface area contributed by atoms with E-state index in [2.05, 4.69) is 56.0 Å². The fourth-order valence-electron chi connectivity index (χ4n) is 3.46. The minimum Gasteiger partial charge on any atom is -0.303 e. The molecule has 1 aliphatic heterocycles. The van der Waals surface area contributed by atoms with Crippen molar-refractivity contribution in [3.8, 4) is 5.69 Å². The van der Waals surface area contributed by atoms with E-state index < -0.39 is 0 Å². The van der Waals surface area contributed by atoms with Gasteiger partial charge in [-0.3, -0.25) is 5.10 Å². The van der Waals surface area contributed by atoms with Gasteiger partial charge in [-0.15, -0.1) is 0 Å². The van der Waals surface area contributed by atoms with E-state index >= 15 is 0 Å². The van der Waals surface area contributed by atoms with Crippen molar-refractivity contribution in [1.29, 1.82) is 0 Å². The Hall–Kier alpha value is -2.14.